The van der Waals surface area contributed by atoms with Gasteiger partial charge in [0.2, 0.25) is 0 Å². The lowest BCUT2D eigenvalue weighted by Gasteiger charge is -2.30. The van der Waals surface area contributed by atoms with Gasteiger partial charge in [0.05, 0.1) is 5.92 Å². The summed E-state index contributed by atoms with van der Waals surface area (Å²) >= 11 is 0. The van der Waals surface area contributed by atoms with E-state index in [2.05, 4.69) is 11.9 Å². The highest BCUT2D eigenvalue weighted by molar-refractivity contribution is 5.78. The van der Waals surface area contributed by atoms with Crippen LogP contribution in [0.25, 0.3) is 0 Å². The molecule has 0 aromatic rings. The van der Waals surface area contributed by atoms with E-state index >= 15 is 0 Å². The Bertz CT molecular complexity index is 361. The Morgan fingerprint density at radius 3 is 2.47 bits per heavy atom. The summed E-state index contributed by atoms with van der Waals surface area (Å²) in [5.41, 5.74) is 0. The number of hydrogen-bond donors (Lipinski definition) is 1. The number of hydrogen-bond acceptors (Lipinski definition) is 3. The lowest BCUT2D eigenvalue weighted by atomic mass is 10.0. The molecule has 2 fully saturated rings. The van der Waals surface area contributed by atoms with Crippen LogP contribution >= 0.6 is 0 Å². The molecule has 2 amide bonds. The van der Waals surface area contributed by atoms with Gasteiger partial charge in [0.25, 0.3) is 0 Å². The van der Waals surface area contributed by atoms with E-state index in [1.807, 2.05) is 11.8 Å². The highest BCUT2D eigenvalue weighted by atomic mass is 16.4. The summed E-state index contributed by atoms with van der Waals surface area (Å²) < 4.78 is 0. The third-order valence-corrected chi connectivity index (χ3v) is 4.31. The third-order valence-electron chi connectivity index (χ3n) is 4.31. The second kappa shape index (κ2) is 5.77. The summed E-state index contributed by atoms with van der Waals surface area (Å²) in [7, 11) is 2.06. The average molecular weight is 269 g/mol. The van der Waals surface area contributed by atoms with Gasteiger partial charge < -0.3 is 19.8 Å². The lowest BCUT2D eigenvalue weighted by Crippen LogP contribution is -2.47. The Balaban J connectivity index is 1.98. The van der Waals surface area contributed by atoms with Crippen molar-refractivity contribution < 1.29 is 14.7 Å². The van der Waals surface area contributed by atoms with Gasteiger partial charge in [-0.05, 0) is 33.4 Å². The van der Waals surface area contributed by atoms with Crippen molar-refractivity contribution in [2.24, 2.45) is 5.92 Å². The molecule has 19 heavy (non-hydrogen) atoms. The normalized spacial score (nSPS) is 29.4. The molecule has 0 radical (unpaired) electrons. The number of carbonyl (C=O) groups excluding carboxylic acids is 1. The van der Waals surface area contributed by atoms with Gasteiger partial charge in [-0.1, -0.05) is 0 Å². The molecule has 108 valence electrons. The van der Waals surface area contributed by atoms with E-state index in [1.165, 1.54) is 0 Å². The molecule has 6 nitrogen and oxygen atoms in total. The average Bonchev–Trinajstić information content (AvgIpc) is 2.60. The second-order valence-corrected chi connectivity index (χ2v) is 5.59. The zero-order valence-corrected chi connectivity index (χ0v) is 11.7. The number of carboxylic acids is 1. The van der Waals surface area contributed by atoms with Crippen molar-refractivity contribution in [1.29, 1.82) is 0 Å². The Hall–Kier alpha value is -1.30. The monoisotopic (exact) mass is 269 g/mol. The minimum absolute atomic E-state index is 0.00606. The number of aliphatic carboxylic acids is 1. The molecule has 6 heteroatoms. The fourth-order valence-electron chi connectivity index (χ4n) is 2.96. The first-order valence-electron chi connectivity index (χ1n) is 6.97. The van der Waals surface area contributed by atoms with Gasteiger partial charge in [-0.3, -0.25) is 4.79 Å². The predicted octanol–water partition coefficient (Wildman–Crippen LogP) is 0.539. The van der Waals surface area contributed by atoms with Crippen molar-refractivity contribution in [2.75, 3.05) is 39.8 Å². The van der Waals surface area contributed by atoms with Gasteiger partial charge in [-0.2, -0.15) is 0 Å². The van der Waals surface area contributed by atoms with Gasteiger partial charge in [0.15, 0.2) is 0 Å². The molecule has 2 aliphatic rings. The van der Waals surface area contributed by atoms with Gasteiger partial charge in [-0.25, -0.2) is 4.79 Å². The van der Waals surface area contributed by atoms with Gasteiger partial charge in [0, 0.05) is 32.2 Å². The molecule has 1 N–H and O–H groups in total. The second-order valence-electron chi connectivity index (χ2n) is 5.59. The quantitative estimate of drug-likeness (QED) is 0.754. The van der Waals surface area contributed by atoms with Crippen LogP contribution < -0.4 is 0 Å². The van der Waals surface area contributed by atoms with Crippen molar-refractivity contribution in [1.82, 2.24) is 14.7 Å². The number of carboxylic acid groups (broad SMARTS) is 1. The molecule has 2 rings (SSSR count). The number of amides is 2. The van der Waals surface area contributed by atoms with E-state index in [0.29, 0.717) is 13.0 Å². The summed E-state index contributed by atoms with van der Waals surface area (Å²) in [5, 5.41) is 9.12. The largest absolute Gasteiger partial charge is 0.481 e. The molecule has 2 heterocycles. The van der Waals surface area contributed by atoms with Crippen LogP contribution in [0.15, 0.2) is 0 Å². The van der Waals surface area contributed by atoms with Crippen LogP contribution in [0.2, 0.25) is 0 Å². The van der Waals surface area contributed by atoms with Crippen LogP contribution in [0.3, 0.4) is 0 Å². The molecule has 2 unspecified atom stereocenters. The van der Waals surface area contributed by atoms with Gasteiger partial charge in [-0.15, -0.1) is 0 Å². The standard InChI is InChI=1S/C13H23N3O3/c1-10-11(12(17)18)4-7-16(10)13(19)15-6-3-5-14(2)8-9-15/h10-11H,3-9H2,1-2H3,(H,17,18). The van der Waals surface area contributed by atoms with Crippen molar-refractivity contribution in [3.05, 3.63) is 0 Å². The minimum atomic E-state index is -0.793. The molecule has 0 saturated carbocycles. The van der Waals surface area contributed by atoms with E-state index in [4.69, 9.17) is 5.11 Å². The maximum absolute atomic E-state index is 12.5. The predicted molar refractivity (Wildman–Crippen MR) is 71.0 cm³/mol. The Morgan fingerprint density at radius 1 is 1.11 bits per heavy atom. The Kier molecular flexibility index (Phi) is 4.29. The Morgan fingerprint density at radius 2 is 1.84 bits per heavy atom. The molecular weight excluding hydrogens is 246 g/mol. The van der Waals surface area contributed by atoms with Crippen molar-refractivity contribution in [3.63, 3.8) is 0 Å². The molecule has 0 aliphatic carbocycles. The van der Waals surface area contributed by atoms with Crippen LogP contribution in [0.4, 0.5) is 4.79 Å². The van der Waals surface area contributed by atoms with Crippen molar-refractivity contribution in [3.8, 4) is 0 Å². The van der Waals surface area contributed by atoms with E-state index in [1.54, 1.807) is 4.90 Å². The maximum atomic E-state index is 12.5. The number of likely N-dealkylation sites (tertiary alicyclic amines) is 1. The summed E-state index contributed by atoms with van der Waals surface area (Å²) in [6.45, 7) is 5.80. The third kappa shape index (κ3) is 3.00. The number of nitrogens with zero attached hydrogens (tertiary/aromatic N) is 3. The van der Waals surface area contributed by atoms with Crippen LogP contribution in [0.1, 0.15) is 19.8 Å². The molecule has 0 aromatic carbocycles. The minimum Gasteiger partial charge on any atom is -0.481 e. The molecule has 0 spiro atoms. The number of rotatable bonds is 1. The molecule has 0 aromatic heterocycles. The molecule has 2 atom stereocenters. The van der Waals surface area contributed by atoms with Crippen LogP contribution in [0.5, 0.6) is 0 Å². The van der Waals surface area contributed by atoms with Crippen LogP contribution in [-0.2, 0) is 4.79 Å². The fraction of sp³-hybridized carbons (Fsp3) is 0.846. The summed E-state index contributed by atoms with van der Waals surface area (Å²) in [6, 6.07) is -0.197. The van der Waals surface area contributed by atoms with E-state index in [-0.39, 0.29) is 12.1 Å². The summed E-state index contributed by atoms with van der Waals surface area (Å²) in [4.78, 5) is 29.4. The molecule has 2 aliphatic heterocycles. The van der Waals surface area contributed by atoms with E-state index in [0.717, 1.165) is 32.6 Å². The first kappa shape index (κ1) is 14.1. The Labute approximate surface area is 114 Å². The first-order chi connectivity index (χ1) is 9.00. The van der Waals surface area contributed by atoms with E-state index < -0.39 is 11.9 Å². The van der Waals surface area contributed by atoms with Gasteiger partial charge >= 0.3 is 12.0 Å². The highest BCUT2D eigenvalue weighted by Crippen LogP contribution is 2.25. The lowest BCUT2D eigenvalue weighted by molar-refractivity contribution is -0.142. The van der Waals surface area contributed by atoms with Crippen LogP contribution in [-0.4, -0.2) is 77.6 Å². The zero-order chi connectivity index (χ0) is 14.0. The topological polar surface area (TPSA) is 64.1 Å². The summed E-state index contributed by atoms with van der Waals surface area (Å²) in [6.07, 6.45) is 1.54. The van der Waals surface area contributed by atoms with Crippen LogP contribution in [0, 0.1) is 5.92 Å². The van der Waals surface area contributed by atoms with E-state index in [9.17, 15) is 9.59 Å². The maximum Gasteiger partial charge on any atom is 0.320 e. The van der Waals surface area contributed by atoms with Crippen molar-refractivity contribution in [2.45, 2.75) is 25.8 Å². The SMILES string of the molecule is CC1C(C(=O)O)CCN1C(=O)N1CCCN(C)CC1. The van der Waals surface area contributed by atoms with Gasteiger partial charge in [0.1, 0.15) is 0 Å². The molecule has 2 saturated heterocycles. The number of likely N-dealkylation sites (N-methyl/N-ethyl adjacent to an activating group) is 1. The van der Waals surface area contributed by atoms with Crippen molar-refractivity contribution >= 4 is 12.0 Å². The number of urea groups is 1. The highest BCUT2D eigenvalue weighted by Gasteiger charge is 2.39. The summed E-state index contributed by atoms with van der Waals surface area (Å²) in [5.74, 6) is -1.21. The smallest absolute Gasteiger partial charge is 0.320 e. The zero-order valence-electron chi connectivity index (χ0n) is 11.7. The molecule has 0 bridgehead atoms. The number of carbonyl (C=O) groups is 2. The fourth-order valence-corrected chi connectivity index (χ4v) is 2.96. The molecular formula is C13H23N3O3. The first-order valence-corrected chi connectivity index (χ1v) is 6.97.